The summed E-state index contributed by atoms with van der Waals surface area (Å²) in [6.45, 7) is 2.92. The molecule has 0 aliphatic rings. The number of aryl methyl sites for hydroxylation is 2. The summed E-state index contributed by atoms with van der Waals surface area (Å²) in [7, 11) is 0. The van der Waals surface area contributed by atoms with Crippen molar-refractivity contribution in [2.45, 2.75) is 19.8 Å². The van der Waals surface area contributed by atoms with Gasteiger partial charge in [-0.25, -0.2) is 0 Å². The molecular weight excluding hydrogens is 360 g/mol. The molecule has 0 amide bonds. The minimum Gasteiger partial charge on any atom is -0.490 e. The Balaban J connectivity index is 1.79. The molecule has 2 aromatic rings. The predicted octanol–water partition coefficient (Wildman–Crippen LogP) is 4.23. The molecule has 0 saturated carbocycles. The van der Waals surface area contributed by atoms with E-state index in [1.807, 2.05) is 49.4 Å². The van der Waals surface area contributed by atoms with E-state index in [0.717, 1.165) is 21.5 Å². The first-order valence-electron chi connectivity index (χ1n) is 7.37. The Labute approximate surface area is 144 Å². The molecule has 0 aliphatic heterocycles. The smallest absolute Gasteiger partial charge is 0.303 e. The highest BCUT2D eigenvalue weighted by molar-refractivity contribution is 9.10. The standard InChI is InChI=1S/C18H19BrO4/c1-13-2-6-15(7-3-13)22-10-11-23-17-8-4-14(12-16(17)19)5-9-18(20)21/h2-4,6-8,12H,5,9-11H2,1H3,(H,20,21). The zero-order valence-electron chi connectivity index (χ0n) is 12.9. The van der Waals surface area contributed by atoms with Gasteiger partial charge in [0.2, 0.25) is 0 Å². The van der Waals surface area contributed by atoms with Crippen LogP contribution < -0.4 is 9.47 Å². The molecule has 0 unspecified atom stereocenters. The first kappa shape index (κ1) is 17.3. The highest BCUT2D eigenvalue weighted by Gasteiger charge is 2.05. The summed E-state index contributed by atoms with van der Waals surface area (Å²) in [5.74, 6) is 0.744. The van der Waals surface area contributed by atoms with E-state index in [0.29, 0.717) is 19.6 Å². The fourth-order valence-electron chi connectivity index (χ4n) is 2.01. The first-order chi connectivity index (χ1) is 11.0. The van der Waals surface area contributed by atoms with Gasteiger partial charge in [0.1, 0.15) is 24.7 Å². The van der Waals surface area contributed by atoms with E-state index < -0.39 is 5.97 Å². The van der Waals surface area contributed by atoms with Gasteiger partial charge in [-0.05, 0) is 59.1 Å². The number of halogens is 1. The largest absolute Gasteiger partial charge is 0.490 e. The summed E-state index contributed by atoms with van der Waals surface area (Å²) < 4.78 is 12.1. The Bertz CT molecular complexity index is 653. The summed E-state index contributed by atoms with van der Waals surface area (Å²) in [4.78, 5) is 10.6. The van der Waals surface area contributed by atoms with Crippen LogP contribution in [0.15, 0.2) is 46.9 Å². The van der Waals surface area contributed by atoms with Crippen molar-refractivity contribution in [1.29, 1.82) is 0 Å². The molecule has 0 saturated heterocycles. The average Bonchev–Trinajstić information content (AvgIpc) is 2.52. The molecule has 4 nitrogen and oxygen atoms in total. The number of ether oxygens (including phenoxy) is 2. The third-order valence-electron chi connectivity index (χ3n) is 3.25. The lowest BCUT2D eigenvalue weighted by atomic mass is 10.1. The van der Waals surface area contributed by atoms with Gasteiger partial charge in [-0.1, -0.05) is 23.8 Å². The quantitative estimate of drug-likeness (QED) is 0.698. The van der Waals surface area contributed by atoms with Crippen LogP contribution in [-0.4, -0.2) is 24.3 Å². The molecule has 0 aromatic heterocycles. The second-order valence-electron chi connectivity index (χ2n) is 5.17. The van der Waals surface area contributed by atoms with Crippen LogP contribution in [0.5, 0.6) is 11.5 Å². The molecule has 0 atom stereocenters. The van der Waals surface area contributed by atoms with Gasteiger partial charge < -0.3 is 14.6 Å². The summed E-state index contributed by atoms with van der Waals surface area (Å²) >= 11 is 3.45. The Morgan fingerprint density at radius 3 is 2.43 bits per heavy atom. The number of hydrogen-bond acceptors (Lipinski definition) is 3. The van der Waals surface area contributed by atoms with E-state index >= 15 is 0 Å². The normalized spacial score (nSPS) is 10.3. The molecule has 0 radical (unpaired) electrons. The predicted molar refractivity (Wildman–Crippen MR) is 92.3 cm³/mol. The third-order valence-corrected chi connectivity index (χ3v) is 3.87. The molecule has 122 valence electrons. The van der Waals surface area contributed by atoms with Gasteiger partial charge in [-0.3, -0.25) is 4.79 Å². The van der Waals surface area contributed by atoms with Crippen LogP contribution in [0, 0.1) is 6.92 Å². The van der Waals surface area contributed by atoms with E-state index in [9.17, 15) is 4.79 Å². The molecule has 5 heteroatoms. The highest BCUT2D eigenvalue weighted by Crippen LogP contribution is 2.26. The SMILES string of the molecule is Cc1ccc(OCCOc2ccc(CCC(=O)O)cc2Br)cc1. The van der Waals surface area contributed by atoms with E-state index in [2.05, 4.69) is 15.9 Å². The Hall–Kier alpha value is -2.01. The van der Waals surface area contributed by atoms with Crippen LogP contribution in [0.25, 0.3) is 0 Å². The maximum atomic E-state index is 10.6. The van der Waals surface area contributed by atoms with Crippen LogP contribution in [0.4, 0.5) is 0 Å². The average molecular weight is 379 g/mol. The van der Waals surface area contributed by atoms with Gasteiger partial charge in [-0.15, -0.1) is 0 Å². The van der Waals surface area contributed by atoms with Crippen LogP contribution >= 0.6 is 15.9 Å². The van der Waals surface area contributed by atoms with E-state index in [1.165, 1.54) is 5.56 Å². The molecule has 0 aliphatic carbocycles. The van der Waals surface area contributed by atoms with Crippen LogP contribution in [0.1, 0.15) is 17.5 Å². The van der Waals surface area contributed by atoms with Crippen LogP contribution in [0.2, 0.25) is 0 Å². The summed E-state index contributed by atoms with van der Waals surface area (Å²) in [6, 6.07) is 13.5. The Kier molecular flexibility index (Phi) is 6.47. The number of aliphatic carboxylic acids is 1. The van der Waals surface area contributed by atoms with Gasteiger partial charge in [0.15, 0.2) is 0 Å². The zero-order valence-corrected chi connectivity index (χ0v) is 14.5. The van der Waals surface area contributed by atoms with Crippen molar-refractivity contribution >= 4 is 21.9 Å². The van der Waals surface area contributed by atoms with Gasteiger partial charge in [0.25, 0.3) is 0 Å². The molecule has 2 rings (SSSR count). The monoisotopic (exact) mass is 378 g/mol. The third kappa shape index (κ3) is 5.94. The fourth-order valence-corrected chi connectivity index (χ4v) is 2.55. The lowest BCUT2D eigenvalue weighted by Gasteiger charge is -2.11. The van der Waals surface area contributed by atoms with Crippen molar-refractivity contribution in [3.63, 3.8) is 0 Å². The minimum atomic E-state index is -0.797. The first-order valence-corrected chi connectivity index (χ1v) is 8.16. The zero-order chi connectivity index (χ0) is 16.7. The number of benzene rings is 2. The second kappa shape index (κ2) is 8.58. The van der Waals surface area contributed by atoms with E-state index in [4.69, 9.17) is 14.6 Å². The number of carboxylic acid groups (broad SMARTS) is 1. The highest BCUT2D eigenvalue weighted by atomic mass is 79.9. The molecule has 0 fully saturated rings. The molecule has 2 aromatic carbocycles. The summed E-state index contributed by atoms with van der Waals surface area (Å²) in [6.07, 6.45) is 0.627. The summed E-state index contributed by atoms with van der Waals surface area (Å²) in [5.41, 5.74) is 2.16. The van der Waals surface area contributed by atoms with Crippen molar-refractivity contribution in [2.24, 2.45) is 0 Å². The lowest BCUT2D eigenvalue weighted by Crippen LogP contribution is -2.09. The van der Waals surface area contributed by atoms with E-state index in [-0.39, 0.29) is 6.42 Å². The van der Waals surface area contributed by atoms with Crippen molar-refractivity contribution in [3.05, 3.63) is 58.1 Å². The van der Waals surface area contributed by atoms with Gasteiger partial charge in [0, 0.05) is 6.42 Å². The number of rotatable bonds is 8. The van der Waals surface area contributed by atoms with E-state index in [1.54, 1.807) is 0 Å². The van der Waals surface area contributed by atoms with Crippen molar-refractivity contribution in [2.75, 3.05) is 13.2 Å². The molecule has 0 spiro atoms. The van der Waals surface area contributed by atoms with Gasteiger partial charge in [0.05, 0.1) is 4.47 Å². The minimum absolute atomic E-state index is 0.122. The second-order valence-corrected chi connectivity index (χ2v) is 6.02. The lowest BCUT2D eigenvalue weighted by molar-refractivity contribution is -0.136. The Morgan fingerprint density at radius 2 is 1.78 bits per heavy atom. The maximum absolute atomic E-state index is 10.6. The fraction of sp³-hybridized carbons (Fsp3) is 0.278. The molecule has 23 heavy (non-hydrogen) atoms. The van der Waals surface area contributed by atoms with Crippen LogP contribution in [-0.2, 0) is 11.2 Å². The van der Waals surface area contributed by atoms with Crippen molar-refractivity contribution in [1.82, 2.24) is 0 Å². The topological polar surface area (TPSA) is 55.8 Å². The molecular formula is C18H19BrO4. The molecule has 0 bridgehead atoms. The van der Waals surface area contributed by atoms with Gasteiger partial charge >= 0.3 is 5.97 Å². The molecule has 0 heterocycles. The number of carboxylic acids is 1. The van der Waals surface area contributed by atoms with Crippen LogP contribution in [0.3, 0.4) is 0 Å². The number of carbonyl (C=O) groups is 1. The van der Waals surface area contributed by atoms with Crippen molar-refractivity contribution in [3.8, 4) is 11.5 Å². The van der Waals surface area contributed by atoms with Crippen molar-refractivity contribution < 1.29 is 19.4 Å². The number of hydrogen-bond donors (Lipinski definition) is 1. The molecule has 1 N–H and O–H groups in total. The summed E-state index contributed by atoms with van der Waals surface area (Å²) in [5, 5.41) is 8.70. The Morgan fingerprint density at radius 1 is 1.09 bits per heavy atom. The van der Waals surface area contributed by atoms with Gasteiger partial charge in [-0.2, -0.15) is 0 Å². The maximum Gasteiger partial charge on any atom is 0.303 e.